The van der Waals surface area contributed by atoms with Crippen molar-refractivity contribution in [1.82, 2.24) is 9.21 Å². The Morgan fingerprint density at radius 1 is 1.17 bits per heavy atom. The van der Waals surface area contributed by atoms with Crippen molar-refractivity contribution in [3.63, 3.8) is 0 Å². The average Bonchev–Trinajstić information content (AvgIpc) is 3.35. The Labute approximate surface area is 134 Å². The molecule has 1 N–H and O–H groups in total. The van der Waals surface area contributed by atoms with E-state index in [2.05, 4.69) is 0 Å². The quantitative estimate of drug-likeness (QED) is 0.866. The zero-order valence-electron chi connectivity index (χ0n) is 12.7. The maximum absolute atomic E-state index is 13.7. The van der Waals surface area contributed by atoms with Crippen LogP contribution in [0.15, 0.2) is 23.1 Å². The van der Waals surface area contributed by atoms with Gasteiger partial charge in [0.05, 0.1) is 6.10 Å². The van der Waals surface area contributed by atoms with E-state index in [4.69, 9.17) is 0 Å². The first kappa shape index (κ1) is 16.8. The van der Waals surface area contributed by atoms with Gasteiger partial charge in [-0.25, -0.2) is 17.2 Å². The van der Waals surface area contributed by atoms with E-state index in [1.807, 2.05) is 4.90 Å². The topological polar surface area (TPSA) is 60.9 Å². The molecule has 2 aliphatic rings. The molecule has 23 heavy (non-hydrogen) atoms. The predicted octanol–water partition coefficient (Wildman–Crippen LogP) is 1.04. The smallest absolute Gasteiger partial charge is 0.246 e. The molecular weight excluding hydrogens is 326 g/mol. The van der Waals surface area contributed by atoms with Gasteiger partial charge in [-0.2, -0.15) is 4.31 Å². The molecule has 0 bridgehead atoms. The zero-order chi connectivity index (χ0) is 16.6. The summed E-state index contributed by atoms with van der Waals surface area (Å²) >= 11 is 0. The molecule has 2 fully saturated rings. The highest BCUT2D eigenvalue weighted by Crippen LogP contribution is 2.33. The second-order valence-electron chi connectivity index (χ2n) is 6.18. The van der Waals surface area contributed by atoms with Crippen LogP contribution >= 0.6 is 0 Å². The molecule has 0 radical (unpaired) electrons. The van der Waals surface area contributed by atoms with Crippen molar-refractivity contribution >= 4 is 10.0 Å². The fraction of sp³-hybridized carbons (Fsp3) is 0.600. The number of sulfonamides is 1. The maximum Gasteiger partial charge on any atom is 0.246 e. The maximum atomic E-state index is 13.7. The highest BCUT2D eigenvalue weighted by molar-refractivity contribution is 7.89. The summed E-state index contributed by atoms with van der Waals surface area (Å²) < 4.78 is 53.1. The van der Waals surface area contributed by atoms with Crippen LogP contribution in [0.1, 0.15) is 12.8 Å². The van der Waals surface area contributed by atoms with Crippen molar-refractivity contribution in [2.24, 2.45) is 5.92 Å². The lowest BCUT2D eigenvalue weighted by Gasteiger charge is -2.35. The van der Waals surface area contributed by atoms with E-state index in [-0.39, 0.29) is 19.2 Å². The normalized spacial score (nSPS) is 22.2. The Balaban J connectivity index is 1.65. The van der Waals surface area contributed by atoms with Gasteiger partial charge in [0.2, 0.25) is 10.0 Å². The number of aliphatic hydroxyl groups excluding tert-OH is 1. The lowest BCUT2D eigenvalue weighted by Crippen LogP contribution is -2.50. The van der Waals surface area contributed by atoms with Gasteiger partial charge in [-0.1, -0.05) is 0 Å². The van der Waals surface area contributed by atoms with E-state index < -0.39 is 26.6 Å². The number of hydrogen-bond donors (Lipinski definition) is 1. The van der Waals surface area contributed by atoms with Crippen LogP contribution in [-0.2, 0) is 10.0 Å². The molecule has 0 amide bonds. The van der Waals surface area contributed by atoms with Crippen LogP contribution in [0.3, 0.4) is 0 Å². The number of β-amino-alcohol motifs (C(OH)–C–C–N with tert-alkyl or cyclic N) is 1. The van der Waals surface area contributed by atoms with Crippen molar-refractivity contribution < 1.29 is 22.3 Å². The fourth-order valence-electron chi connectivity index (χ4n) is 2.86. The zero-order valence-corrected chi connectivity index (χ0v) is 13.5. The highest BCUT2D eigenvalue weighted by atomic mass is 32.2. The molecule has 8 heteroatoms. The van der Waals surface area contributed by atoms with E-state index in [1.165, 1.54) is 4.31 Å². The monoisotopic (exact) mass is 346 g/mol. The first-order valence-electron chi connectivity index (χ1n) is 7.73. The van der Waals surface area contributed by atoms with E-state index in [0.717, 1.165) is 25.0 Å². The van der Waals surface area contributed by atoms with Gasteiger partial charge >= 0.3 is 0 Å². The van der Waals surface area contributed by atoms with Crippen molar-refractivity contribution in [3.8, 4) is 0 Å². The Morgan fingerprint density at radius 2 is 1.83 bits per heavy atom. The van der Waals surface area contributed by atoms with Crippen LogP contribution in [0.5, 0.6) is 0 Å². The largest absolute Gasteiger partial charge is 0.392 e. The van der Waals surface area contributed by atoms with Crippen molar-refractivity contribution in [1.29, 1.82) is 0 Å². The molecule has 1 aliphatic carbocycles. The summed E-state index contributed by atoms with van der Waals surface area (Å²) in [6.45, 7) is 1.89. The van der Waals surface area contributed by atoms with Crippen LogP contribution in [0.4, 0.5) is 8.78 Å². The minimum atomic E-state index is -4.04. The van der Waals surface area contributed by atoms with Gasteiger partial charge in [-0.3, -0.25) is 4.90 Å². The molecule has 1 saturated carbocycles. The Bertz CT molecular complexity index is 671. The first-order chi connectivity index (χ1) is 10.9. The third-order valence-electron chi connectivity index (χ3n) is 4.45. The third kappa shape index (κ3) is 3.71. The van der Waals surface area contributed by atoms with Gasteiger partial charge in [0, 0.05) is 32.7 Å². The molecule has 128 valence electrons. The summed E-state index contributed by atoms with van der Waals surface area (Å²) in [5, 5.41) is 9.95. The van der Waals surface area contributed by atoms with Crippen LogP contribution in [0, 0.1) is 17.6 Å². The summed E-state index contributed by atoms with van der Waals surface area (Å²) in [5.41, 5.74) is 0. The third-order valence-corrected chi connectivity index (χ3v) is 6.37. The molecule has 1 unspecified atom stereocenters. The molecule has 0 spiro atoms. The first-order valence-corrected chi connectivity index (χ1v) is 9.17. The summed E-state index contributed by atoms with van der Waals surface area (Å²) in [6.07, 6.45) is 1.74. The summed E-state index contributed by atoms with van der Waals surface area (Å²) in [7, 11) is -4.04. The van der Waals surface area contributed by atoms with E-state index >= 15 is 0 Å². The second kappa shape index (κ2) is 6.43. The van der Waals surface area contributed by atoms with Crippen molar-refractivity contribution in [2.75, 3.05) is 32.7 Å². The van der Waals surface area contributed by atoms with Crippen molar-refractivity contribution in [2.45, 2.75) is 23.8 Å². The summed E-state index contributed by atoms with van der Waals surface area (Å²) in [6, 6.07) is 2.43. The van der Waals surface area contributed by atoms with Crippen LogP contribution in [0.25, 0.3) is 0 Å². The molecule has 1 heterocycles. The van der Waals surface area contributed by atoms with Gasteiger partial charge in [-0.05, 0) is 37.0 Å². The number of rotatable bonds is 5. The van der Waals surface area contributed by atoms with Crippen LogP contribution in [-0.4, -0.2) is 61.6 Å². The average molecular weight is 346 g/mol. The minimum Gasteiger partial charge on any atom is -0.392 e. The molecular formula is C15H20F2N2O3S. The van der Waals surface area contributed by atoms with Crippen LogP contribution in [0.2, 0.25) is 0 Å². The number of aliphatic hydroxyl groups is 1. The number of halogens is 2. The molecule has 1 atom stereocenters. The number of piperazine rings is 1. The Morgan fingerprint density at radius 3 is 2.43 bits per heavy atom. The standard InChI is InChI=1S/C15H20F2N2O3S/c16-12-3-4-13(17)15(9-12)23(21,22)19-7-5-18(6-8-19)10-14(20)11-1-2-11/h3-4,9,11,14,20H,1-2,5-8,10H2. The van der Waals surface area contributed by atoms with Gasteiger partial charge in [0.15, 0.2) is 0 Å². The lowest BCUT2D eigenvalue weighted by atomic mass is 10.2. The fourth-order valence-corrected chi connectivity index (χ4v) is 4.36. The Hall–Kier alpha value is -1.09. The Kier molecular flexibility index (Phi) is 4.68. The van der Waals surface area contributed by atoms with Gasteiger partial charge < -0.3 is 5.11 Å². The minimum absolute atomic E-state index is 0.204. The molecule has 0 aromatic heterocycles. The molecule has 1 saturated heterocycles. The SMILES string of the molecule is O=S(=O)(c1cc(F)ccc1F)N1CCN(CC(O)C2CC2)CC1. The molecule has 1 aromatic rings. The van der Waals surface area contributed by atoms with E-state index in [1.54, 1.807) is 0 Å². The molecule has 1 aromatic carbocycles. The molecule has 1 aliphatic heterocycles. The van der Waals surface area contributed by atoms with Crippen LogP contribution < -0.4 is 0 Å². The highest BCUT2D eigenvalue weighted by Gasteiger charge is 2.34. The van der Waals surface area contributed by atoms with E-state index in [9.17, 15) is 22.3 Å². The van der Waals surface area contributed by atoms with Gasteiger partial charge in [0.25, 0.3) is 0 Å². The molecule has 3 rings (SSSR count). The number of benzene rings is 1. The van der Waals surface area contributed by atoms with Gasteiger partial charge in [-0.15, -0.1) is 0 Å². The van der Waals surface area contributed by atoms with Gasteiger partial charge in [0.1, 0.15) is 16.5 Å². The predicted molar refractivity (Wildman–Crippen MR) is 80.3 cm³/mol. The second-order valence-corrected chi connectivity index (χ2v) is 8.09. The summed E-state index contributed by atoms with van der Waals surface area (Å²) in [4.78, 5) is 1.39. The molecule has 5 nitrogen and oxygen atoms in total. The summed E-state index contributed by atoms with van der Waals surface area (Å²) in [5.74, 6) is -1.35. The number of hydrogen-bond acceptors (Lipinski definition) is 4. The van der Waals surface area contributed by atoms with E-state index in [0.29, 0.717) is 31.6 Å². The number of nitrogens with zero attached hydrogens (tertiary/aromatic N) is 2. The van der Waals surface area contributed by atoms with Crippen molar-refractivity contribution in [3.05, 3.63) is 29.8 Å². The lowest BCUT2D eigenvalue weighted by molar-refractivity contribution is 0.0781.